The second-order valence-electron chi connectivity index (χ2n) is 16.0. The molecule has 0 bridgehead atoms. The van der Waals surface area contributed by atoms with Gasteiger partial charge in [-0.3, -0.25) is 14.4 Å². The molecule has 0 spiro atoms. The van der Waals surface area contributed by atoms with Crippen LogP contribution in [-0.4, -0.2) is 37.2 Å². The van der Waals surface area contributed by atoms with Crippen LogP contribution in [0, 0.1) is 0 Å². The molecule has 0 amide bonds. The predicted octanol–water partition coefficient (Wildman–Crippen LogP) is 16.0. The summed E-state index contributed by atoms with van der Waals surface area (Å²) in [6.07, 6.45) is 61.6. The number of hydrogen-bond acceptors (Lipinski definition) is 6. The van der Waals surface area contributed by atoms with E-state index in [9.17, 15) is 14.4 Å². The predicted molar refractivity (Wildman–Crippen MR) is 256 cm³/mol. The smallest absolute Gasteiger partial charge is 0.306 e. The summed E-state index contributed by atoms with van der Waals surface area (Å²) in [5.74, 6) is -0.962. The zero-order chi connectivity index (χ0) is 43.7. The molecule has 0 rings (SSSR count). The van der Waals surface area contributed by atoms with Gasteiger partial charge < -0.3 is 14.2 Å². The molecule has 1 unspecified atom stereocenters. The molecule has 6 nitrogen and oxygen atoms in total. The molecule has 0 aromatic heterocycles. The van der Waals surface area contributed by atoms with Crippen LogP contribution in [0.2, 0.25) is 0 Å². The van der Waals surface area contributed by atoms with Crippen molar-refractivity contribution in [2.24, 2.45) is 0 Å². The second-order valence-corrected chi connectivity index (χ2v) is 16.0. The van der Waals surface area contributed by atoms with Crippen LogP contribution in [-0.2, 0) is 28.6 Å². The summed E-state index contributed by atoms with van der Waals surface area (Å²) in [6.45, 7) is 6.40. The summed E-state index contributed by atoms with van der Waals surface area (Å²) >= 11 is 0. The topological polar surface area (TPSA) is 78.9 Å². The average molecular weight is 835 g/mol. The molecule has 0 aliphatic heterocycles. The van der Waals surface area contributed by atoms with E-state index in [1.54, 1.807) is 0 Å². The Labute approximate surface area is 369 Å². The summed E-state index contributed by atoms with van der Waals surface area (Å²) in [6, 6.07) is 0. The van der Waals surface area contributed by atoms with Crippen molar-refractivity contribution >= 4 is 17.9 Å². The van der Waals surface area contributed by atoms with Gasteiger partial charge in [0.2, 0.25) is 0 Å². The maximum Gasteiger partial charge on any atom is 0.306 e. The van der Waals surface area contributed by atoms with E-state index in [0.717, 1.165) is 109 Å². The van der Waals surface area contributed by atoms with Crippen LogP contribution in [0.3, 0.4) is 0 Å². The third-order valence-corrected chi connectivity index (χ3v) is 10.1. The molecule has 0 aromatic carbocycles. The van der Waals surface area contributed by atoms with Gasteiger partial charge in [0.25, 0.3) is 0 Å². The van der Waals surface area contributed by atoms with Crippen LogP contribution in [0.4, 0.5) is 0 Å². The lowest BCUT2D eigenvalue weighted by Crippen LogP contribution is -2.30. The van der Waals surface area contributed by atoms with Gasteiger partial charge in [-0.1, -0.05) is 189 Å². The van der Waals surface area contributed by atoms with Gasteiger partial charge in [-0.05, 0) is 96.3 Å². The van der Waals surface area contributed by atoms with Crippen molar-refractivity contribution in [3.8, 4) is 0 Å². The normalized spacial score (nSPS) is 12.8. The van der Waals surface area contributed by atoms with Gasteiger partial charge >= 0.3 is 17.9 Å². The maximum absolute atomic E-state index is 12.7. The molecule has 0 saturated heterocycles. The molecule has 342 valence electrons. The number of ether oxygens (including phenoxy) is 3. The summed E-state index contributed by atoms with van der Waals surface area (Å²) < 4.78 is 16.6. The van der Waals surface area contributed by atoms with E-state index in [-0.39, 0.29) is 31.1 Å². The minimum Gasteiger partial charge on any atom is -0.462 e. The van der Waals surface area contributed by atoms with E-state index >= 15 is 0 Å². The van der Waals surface area contributed by atoms with Crippen LogP contribution in [0.15, 0.2) is 85.1 Å². The van der Waals surface area contributed by atoms with Gasteiger partial charge in [-0.25, -0.2) is 0 Å². The SMILES string of the molecule is CC/C=C\C/C=C\C/C=C\C/C=C\C/C=C\C/C=C\CCCCC(=O)OCC(COC(=O)CCCCCCCC)OC(=O)CCCCCCC/C=C\CCCCCCCC. The molecule has 0 saturated carbocycles. The summed E-state index contributed by atoms with van der Waals surface area (Å²) in [5.41, 5.74) is 0. The van der Waals surface area contributed by atoms with Gasteiger partial charge in [0.15, 0.2) is 6.10 Å². The highest BCUT2D eigenvalue weighted by molar-refractivity contribution is 5.71. The monoisotopic (exact) mass is 835 g/mol. The molecule has 60 heavy (non-hydrogen) atoms. The van der Waals surface area contributed by atoms with Gasteiger partial charge in [0, 0.05) is 19.3 Å². The van der Waals surface area contributed by atoms with E-state index in [2.05, 4.69) is 106 Å². The average Bonchev–Trinajstić information content (AvgIpc) is 3.24. The van der Waals surface area contributed by atoms with E-state index in [1.165, 1.54) is 70.6 Å². The maximum atomic E-state index is 12.7. The third-order valence-electron chi connectivity index (χ3n) is 10.1. The number of unbranched alkanes of at least 4 members (excludes halogenated alkanes) is 18. The molecule has 0 aliphatic rings. The van der Waals surface area contributed by atoms with Gasteiger partial charge in [0.05, 0.1) is 0 Å². The number of hydrogen-bond donors (Lipinski definition) is 0. The molecule has 0 aliphatic carbocycles. The Balaban J connectivity index is 4.34. The summed E-state index contributed by atoms with van der Waals surface area (Å²) in [4.78, 5) is 37.7. The largest absolute Gasteiger partial charge is 0.462 e. The van der Waals surface area contributed by atoms with Crippen molar-refractivity contribution in [1.29, 1.82) is 0 Å². The number of carbonyl (C=O) groups excluding carboxylic acids is 3. The molecule has 0 aromatic rings. The first kappa shape index (κ1) is 56.6. The Morgan fingerprint density at radius 2 is 0.650 bits per heavy atom. The van der Waals surface area contributed by atoms with E-state index in [1.807, 2.05) is 0 Å². The van der Waals surface area contributed by atoms with E-state index < -0.39 is 6.10 Å². The van der Waals surface area contributed by atoms with Crippen molar-refractivity contribution in [1.82, 2.24) is 0 Å². The number of carbonyl (C=O) groups is 3. The molecule has 0 radical (unpaired) electrons. The lowest BCUT2D eigenvalue weighted by molar-refractivity contribution is -0.167. The first-order chi connectivity index (χ1) is 29.5. The minimum atomic E-state index is -0.794. The Morgan fingerprint density at radius 3 is 1.07 bits per heavy atom. The first-order valence-electron chi connectivity index (χ1n) is 24.6. The molecular formula is C54H90O6. The lowest BCUT2D eigenvalue weighted by Gasteiger charge is -2.18. The quantitative estimate of drug-likeness (QED) is 0.0263. The van der Waals surface area contributed by atoms with E-state index in [0.29, 0.717) is 19.3 Å². The fraction of sp³-hybridized carbons (Fsp3) is 0.685. The van der Waals surface area contributed by atoms with Gasteiger partial charge in [-0.2, -0.15) is 0 Å². The van der Waals surface area contributed by atoms with Crippen LogP contribution < -0.4 is 0 Å². The summed E-state index contributed by atoms with van der Waals surface area (Å²) in [5, 5.41) is 0. The molecule has 0 fully saturated rings. The Bertz CT molecular complexity index is 1190. The molecule has 6 heteroatoms. The minimum absolute atomic E-state index is 0.0945. The standard InChI is InChI=1S/C54H90O6/c1-4-7-10-13-16-18-20-22-24-25-26-27-28-29-31-32-34-36-38-41-44-47-53(56)59-50-51(49-58-52(55)46-43-40-15-12-9-6-3)60-54(57)48-45-42-39-37-35-33-30-23-21-19-17-14-11-8-5-2/h7,10,16,18,22-24,26-27,29-31,34,36,51H,4-6,8-9,11-15,17,19-21,25,28,32-33,35,37-50H2,1-3H3/b10-7-,18-16-,24-22-,27-26-,30-23-,31-29-,36-34-. The van der Waals surface area contributed by atoms with Crippen LogP contribution in [0.1, 0.15) is 220 Å². The fourth-order valence-corrected chi connectivity index (χ4v) is 6.44. The van der Waals surface area contributed by atoms with Crippen molar-refractivity contribution < 1.29 is 28.6 Å². The van der Waals surface area contributed by atoms with E-state index in [4.69, 9.17) is 14.2 Å². The van der Waals surface area contributed by atoms with Gasteiger partial charge in [-0.15, -0.1) is 0 Å². The lowest BCUT2D eigenvalue weighted by atomic mass is 10.1. The molecule has 0 heterocycles. The second kappa shape index (κ2) is 48.3. The van der Waals surface area contributed by atoms with Gasteiger partial charge in [0.1, 0.15) is 13.2 Å². The zero-order valence-corrected chi connectivity index (χ0v) is 38.9. The zero-order valence-electron chi connectivity index (χ0n) is 38.9. The fourth-order valence-electron chi connectivity index (χ4n) is 6.44. The number of allylic oxidation sites excluding steroid dienone is 14. The van der Waals surface area contributed by atoms with Crippen molar-refractivity contribution in [3.05, 3.63) is 85.1 Å². The molecule has 0 N–H and O–H groups in total. The summed E-state index contributed by atoms with van der Waals surface area (Å²) in [7, 11) is 0. The Hall–Kier alpha value is -3.41. The highest BCUT2D eigenvalue weighted by Crippen LogP contribution is 2.13. The highest BCUT2D eigenvalue weighted by atomic mass is 16.6. The van der Waals surface area contributed by atoms with Crippen LogP contribution >= 0.6 is 0 Å². The third kappa shape index (κ3) is 45.7. The Kier molecular flexibility index (Phi) is 45.5. The van der Waals surface area contributed by atoms with Crippen LogP contribution in [0.5, 0.6) is 0 Å². The van der Waals surface area contributed by atoms with Crippen molar-refractivity contribution in [2.75, 3.05) is 13.2 Å². The van der Waals surface area contributed by atoms with Crippen molar-refractivity contribution in [3.63, 3.8) is 0 Å². The highest BCUT2D eigenvalue weighted by Gasteiger charge is 2.19. The van der Waals surface area contributed by atoms with Crippen molar-refractivity contribution in [2.45, 2.75) is 226 Å². The molecular weight excluding hydrogens is 745 g/mol. The number of esters is 3. The van der Waals surface area contributed by atoms with Crippen LogP contribution in [0.25, 0.3) is 0 Å². The first-order valence-corrected chi connectivity index (χ1v) is 24.6. The Morgan fingerprint density at radius 1 is 0.350 bits per heavy atom. The number of rotatable bonds is 43. The molecule has 1 atom stereocenters.